The van der Waals surface area contributed by atoms with Crippen molar-refractivity contribution in [2.45, 2.75) is 19.3 Å². The molecule has 4 heterocycles. The fourth-order valence-corrected chi connectivity index (χ4v) is 3.66. The second-order valence-corrected chi connectivity index (χ2v) is 6.85. The van der Waals surface area contributed by atoms with Gasteiger partial charge in [-0.2, -0.15) is 16.3 Å². The standard InChI is InChI=1S/C18H15N5O3S/c1-24-13-4-2-11(3-5-13)15-8-23-14(9-25-15)16(20-22-23)18-19-17(21-26-18)12-6-7-27-10-12/h2-7,10,15H,8-9H2,1H3/t15-/m1/s1. The zero-order chi connectivity index (χ0) is 18.2. The van der Waals surface area contributed by atoms with Gasteiger partial charge in [0.05, 0.1) is 26.0 Å². The minimum Gasteiger partial charge on any atom is -0.497 e. The molecule has 0 saturated carbocycles. The van der Waals surface area contributed by atoms with Gasteiger partial charge in [0, 0.05) is 10.9 Å². The Morgan fingerprint density at radius 3 is 2.89 bits per heavy atom. The molecule has 0 bridgehead atoms. The summed E-state index contributed by atoms with van der Waals surface area (Å²) in [6.45, 7) is 0.940. The average Bonchev–Trinajstić information content (AvgIpc) is 3.46. The summed E-state index contributed by atoms with van der Waals surface area (Å²) < 4.78 is 18.5. The Kier molecular flexibility index (Phi) is 3.95. The number of fused-ring (bicyclic) bond motifs is 1. The van der Waals surface area contributed by atoms with E-state index in [2.05, 4.69) is 20.5 Å². The van der Waals surface area contributed by atoms with Crippen LogP contribution in [0.3, 0.4) is 0 Å². The number of aromatic nitrogens is 5. The Morgan fingerprint density at radius 1 is 1.22 bits per heavy atom. The summed E-state index contributed by atoms with van der Waals surface area (Å²) in [6.07, 6.45) is -0.0954. The molecule has 0 unspecified atom stereocenters. The third kappa shape index (κ3) is 2.90. The molecule has 9 heteroatoms. The molecule has 27 heavy (non-hydrogen) atoms. The minimum atomic E-state index is -0.0954. The third-order valence-corrected chi connectivity index (χ3v) is 5.18. The highest BCUT2D eigenvalue weighted by atomic mass is 32.1. The lowest BCUT2D eigenvalue weighted by Crippen LogP contribution is -2.22. The molecule has 1 aromatic carbocycles. The van der Waals surface area contributed by atoms with Gasteiger partial charge in [0.1, 0.15) is 11.9 Å². The quantitative estimate of drug-likeness (QED) is 0.536. The van der Waals surface area contributed by atoms with Crippen LogP contribution in [0, 0.1) is 0 Å². The van der Waals surface area contributed by atoms with E-state index in [0.29, 0.717) is 30.6 Å². The Morgan fingerprint density at radius 2 is 2.11 bits per heavy atom. The van der Waals surface area contributed by atoms with Crippen LogP contribution in [0.15, 0.2) is 45.6 Å². The lowest BCUT2D eigenvalue weighted by Gasteiger charge is -2.24. The van der Waals surface area contributed by atoms with Gasteiger partial charge in [-0.1, -0.05) is 22.5 Å². The molecule has 0 aliphatic carbocycles. The fourth-order valence-electron chi connectivity index (χ4n) is 3.03. The summed E-state index contributed by atoms with van der Waals surface area (Å²) in [4.78, 5) is 4.44. The maximum absolute atomic E-state index is 6.03. The van der Waals surface area contributed by atoms with Crippen molar-refractivity contribution in [2.75, 3.05) is 7.11 Å². The number of thiophene rings is 1. The van der Waals surface area contributed by atoms with Gasteiger partial charge >= 0.3 is 0 Å². The zero-order valence-corrected chi connectivity index (χ0v) is 15.2. The summed E-state index contributed by atoms with van der Waals surface area (Å²) in [6, 6.07) is 9.79. The van der Waals surface area contributed by atoms with E-state index in [0.717, 1.165) is 22.6 Å². The van der Waals surface area contributed by atoms with Crippen molar-refractivity contribution in [1.82, 2.24) is 25.1 Å². The van der Waals surface area contributed by atoms with Crippen LogP contribution in [0.1, 0.15) is 17.4 Å². The molecule has 1 aliphatic heterocycles. The Labute approximate surface area is 158 Å². The number of ether oxygens (including phenoxy) is 2. The van der Waals surface area contributed by atoms with Crippen LogP contribution in [0.4, 0.5) is 0 Å². The number of hydrogen-bond donors (Lipinski definition) is 0. The van der Waals surface area contributed by atoms with E-state index < -0.39 is 0 Å². The van der Waals surface area contributed by atoms with Crippen LogP contribution < -0.4 is 4.74 Å². The molecule has 4 aromatic rings. The van der Waals surface area contributed by atoms with Crippen molar-refractivity contribution in [3.8, 4) is 28.7 Å². The molecule has 0 spiro atoms. The van der Waals surface area contributed by atoms with Crippen LogP contribution in [0.25, 0.3) is 23.0 Å². The van der Waals surface area contributed by atoms with Crippen LogP contribution in [0.5, 0.6) is 5.75 Å². The van der Waals surface area contributed by atoms with Gasteiger partial charge in [-0.25, -0.2) is 4.68 Å². The number of rotatable bonds is 4. The first-order valence-electron chi connectivity index (χ1n) is 8.36. The fraction of sp³-hybridized carbons (Fsp3) is 0.222. The van der Waals surface area contributed by atoms with Gasteiger partial charge < -0.3 is 14.0 Å². The summed E-state index contributed by atoms with van der Waals surface area (Å²) in [5, 5.41) is 16.5. The Hall–Kier alpha value is -3.04. The van der Waals surface area contributed by atoms with Gasteiger partial charge in [0.25, 0.3) is 5.89 Å². The largest absolute Gasteiger partial charge is 0.497 e. The molecule has 0 fully saturated rings. The van der Waals surface area contributed by atoms with E-state index in [-0.39, 0.29) is 6.10 Å². The van der Waals surface area contributed by atoms with Gasteiger partial charge in [-0.3, -0.25) is 0 Å². The van der Waals surface area contributed by atoms with Crippen molar-refractivity contribution in [3.05, 3.63) is 52.3 Å². The van der Waals surface area contributed by atoms with Crippen molar-refractivity contribution >= 4 is 11.3 Å². The monoisotopic (exact) mass is 381 g/mol. The molecule has 0 amide bonds. The lowest BCUT2D eigenvalue weighted by atomic mass is 10.1. The van der Waals surface area contributed by atoms with Gasteiger partial charge in [0.15, 0.2) is 5.69 Å². The molecule has 0 N–H and O–H groups in total. The van der Waals surface area contributed by atoms with E-state index in [1.54, 1.807) is 18.4 Å². The summed E-state index contributed by atoms with van der Waals surface area (Å²) in [5.41, 5.74) is 3.39. The summed E-state index contributed by atoms with van der Waals surface area (Å²) >= 11 is 1.58. The van der Waals surface area contributed by atoms with E-state index in [1.807, 2.05) is 45.8 Å². The Bertz CT molecular complexity index is 1060. The smallest absolute Gasteiger partial charge is 0.280 e. The highest BCUT2D eigenvalue weighted by Gasteiger charge is 2.28. The van der Waals surface area contributed by atoms with Crippen LogP contribution >= 0.6 is 11.3 Å². The Balaban J connectivity index is 1.40. The molecule has 1 atom stereocenters. The second-order valence-electron chi connectivity index (χ2n) is 6.07. The molecular formula is C18H15N5O3S. The highest BCUT2D eigenvalue weighted by molar-refractivity contribution is 7.08. The molecular weight excluding hydrogens is 366 g/mol. The van der Waals surface area contributed by atoms with Crippen molar-refractivity contribution in [3.63, 3.8) is 0 Å². The van der Waals surface area contributed by atoms with E-state index >= 15 is 0 Å². The van der Waals surface area contributed by atoms with E-state index in [4.69, 9.17) is 14.0 Å². The minimum absolute atomic E-state index is 0.0954. The molecule has 3 aromatic heterocycles. The molecule has 0 saturated heterocycles. The van der Waals surface area contributed by atoms with Crippen molar-refractivity contribution in [2.24, 2.45) is 0 Å². The first-order chi connectivity index (χ1) is 13.3. The number of hydrogen-bond acceptors (Lipinski definition) is 8. The van der Waals surface area contributed by atoms with Gasteiger partial charge in [0.2, 0.25) is 5.82 Å². The molecule has 136 valence electrons. The molecule has 0 radical (unpaired) electrons. The lowest BCUT2D eigenvalue weighted by molar-refractivity contribution is -0.00119. The first-order valence-corrected chi connectivity index (χ1v) is 9.30. The predicted octanol–water partition coefficient (Wildman–Crippen LogP) is 3.34. The second kappa shape index (κ2) is 6.60. The molecule has 5 rings (SSSR count). The van der Waals surface area contributed by atoms with Crippen LogP contribution in [0.2, 0.25) is 0 Å². The van der Waals surface area contributed by atoms with E-state index in [9.17, 15) is 0 Å². The van der Waals surface area contributed by atoms with Crippen LogP contribution in [-0.4, -0.2) is 32.2 Å². The normalized spacial score (nSPS) is 16.3. The first kappa shape index (κ1) is 16.2. The summed E-state index contributed by atoms with van der Waals surface area (Å²) in [5.74, 6) is 1.71. The number of benzene rings is 1. The zero-order valence-electron chi connectivity index (χ0n) is 14.4. The molecule has 1 aliphatic rings. The average molecular weight is 381 g/mol. The van der Waals surface area contributed by atoms with Gasteiger partial charge in [-0.05, 0) is 29.1 Å². The molecule has 8 nitrogen and oxygen atoms in total. The third-order valence-electron chi connectivity index (χ3n) is 4.49. The summed E-state index contributed by atoms with van der Waals surface area (Å²) in [7, 11) is 1.65. The number of nitrogens with zero attached hydrogens (tertiary/aromatic N) is 5. The predicted molar refractivity (Wildman–Crippen MR) is 97.2 cm³/mol. The highest BCUT2D eigenvalue weighted by Crippen LogP contribution is 2.31. The van der Waals surface area contributed by atoms with Gasteiger partial charge in [-0.15, -0.1) is 5.10 Å². The van der Waals surface area contributed by atoms with Crippen LogP contribution in [-0.2, 0) is 17.9 Å². The maximum atomic E-state index is 6.03. The van der Waals surface area contributed by atoms with E-state index in [1.165, 1.54) is 0 Å². The van der Waals surface area contributed by atoms with Crippen molar-refractivity contribution < 1.29 is 14.0 Å². The SMILES string of the molecule is COc1ccc([C@H]2Cn3nnc(-c4nc(-c5ccsc5)no4)c3CO2)cc1. The number of methoxy groups -OCH3 is 1. The maximum Gasteiger partial charge on any atom is 0.280 e. The topological polar surface area (TPSA) is 88.1 Å². The van der Waals surface area contributed by atoms with Crippen molar-refractivity contribution in [1.29, 1.82) is 0 Å².